The number of rotatable bonds is 2. The zero-order valence-electron chi connectivity index (χ0n) is 7.54. The average Bonchev–Trinajstić information content (AvgIpc) is 2.58. The van der Waals surface area contributed by atoms with Gasteiger partial charge in [0.15, 0.2) is 0 Å². The van der Waals surface area contributed by atoms with Crippen molar-refractivity contribution in [3.8, 4) is 0 Å². The van der Waals surface area contributed by atoms with Crippen LogP contribution in [0.2, 0.25) is 0 Å². The van der Waals surface area contributed by atoms with Crippen LogP contribution in [0.3, 0.4) is 0 Å². The molecule has 0 bridgehead atoms. The molecule has 0 radical (unpaired) electrons. The van der Waals surface area contributed by atoms with E-state index in [1.54, 1.807) is 5.54 Å². The number of imidazole rings is 1. The SMILES string of the molecule is Cl/C=C/Cn1cnc2c1CCCC2. The van der Waals surface area contributed by atoms with Gasteiger partial charge in [0.2, 0.25) is 0 Å². The summed E-state index contributed by atoms with van der Waals surface area (Å²) in [6.07, 6.45) is 8.77. The van der Waals surface area contributed by atoms with E-state index < -0.39 is 0 Å². The molecule has 0 fully saturated rings. The van der Waals surface area contributed by atoms with Gasteiger partial charge < -0.3 is 4.57 Å². The maximum atomic E-state index is 5.49. The Labute approximate surface area is 83.2 Å². The second-order valence-corrected chi connectivity index (χ2v) is 3.61. The van der Waals surface area contributed by atoms with Crippen LogP contribution in [0.15, 0.2) is 17.9 Å². The Bertz CT molecular complexity index is 315. The topological polar surface area (TPSA) is 17.8 Å². The Kier molecular flexibility index (Phi) is 2.69. The molecule has 0 aliphatic heterocycles. The number of fused-ring (bicyclic) bond motifs is 1. The molecular weight excluding hydrogens is 184 g/mol. The van der Waals surface area contributed by atoms with Gasteiger partial charge in [0.05, 0.1) is 12.0 Å². The second kappa shape index (κ2) is 3.97. The largest absolute Gasteiger partial charge is 0.330 e. The van der Waals surface area contributed by atoms with Crippen LogP contribution < -0.4 is 0 Å². The number of hydrogen-bond acceptors (Lipinski definition) is 1. The van der Waals surface area contributed by atoms with Gasteiger partial charge in [0.25, 0.3) is 0 Å². The normalized spacial score (nSPS) is 16.4. The molecule has 1 aliphatic rings. The highest BCUT2D eigenvalue weighted by Crippen LogP contribution is 2.19. The van der Waals surface area contributed by atoms with Gasteiger partial charge in [-0.2, -0.15) is 0 Å². The van der Waals surface area contributed by atoms with Crippen molar-refractivity contribution in [2.75, 3.05) is 0 Å². The summed E-state index contributed by atoms with van der Waals surface area (Å²) in [5, 5.41) is 0. The minimum Gasteiger partial charge on any atom is -0.330 e. The Morgan fingerprint density at radius 2 is 2.31 bits per heavy atom. The number of hydrogen-bond donors (Lipinski definition) is 0. The van der Waals surface area contributed by atoms with E-state index in [9.17, 15) is 0 Å². The Morgan fingerprint density at radius 1 is 1.46 bits per heavy atom. The van der Waals surface area contributed by atoms with Crippen LogP contribution in [-0.4, -0.2) is 9.55 Å². The van der Waals surface area contributed by atoms with Crippen molar-refractivity contribution in [2.24, 2.45) is 0 Å². The fourth-order valence-electron chi connectivity index (χ4n) is 1.84. The zero-order chi connectivity index (χ0) is 9.10. The number of nitrogens with zero attached hydrogens (tertiary/aromatic N) is 2. The van der Waals surface area contributed by atoms with Gasteiger partial charge in [-0.1, -0.05) is 17.7 Å². The summed E-state index contributed by atoms with van der Waals surface area (Å²) in [5.74, 6) is 0. The quantitative estimate of drug-likeness (QED) is 0.711. The van der Waals surface area contributed by atoms with Crippen molar-refractivity contribution in [2.45, 2.75) is 32.2 Å². The molecule has 0 saturated heterocycles. The molecule has 1 aromatic rings. The van der Waals surface area contributed by atoms with E-state index in [1.807, 2.05) is 12.4 Å². The van der Waals surface area contributed by atoms with Crippen molar-refractivity contribution in [3.63, 3.8) is 0 Å². The first-order valence-electron chi connectivity index (χ1n) is 4.70. The van der Waals surface area contributed by atoms with Crippen molar-refractivity contribution >= 4 is 11.6 Å². The third-order valence-electron chi connectivity index (χ3n) is 2.50. The molecule has 2 rings (SSSR count). The second-order valence-electron chi connectivity index (χ2n) is 3.36. The molecule has 13 heavy (non-hydrogen) atoms. The average molecular weight is 197 g/mol. The van der Waals surface area contributed by atoms with Gasteiger partial charge in [-0.15, -0.1) is 0 Å². The predicted octanol–water partition coefficient (Wildman–Crippen LogP) is 2.51. The van der Waals surface area contributed by atoms with Crippen molar-refractivity contribution in [1.82, 2.24) is 9.55 Å². The standard InChI is InChI=1S/C10H13ClN2/c11-6-3-7-13-8-12-9-4-1-2-5-10(9)13/h3,6,8H,1-2,4-5,7H2/b6-3+. The summed E-state index contributed by atoms with van der Waals surface area (Å²) >= 11 is 5.49. The first-order valence-corrected chi connectivity index (χ1v) is 5.13. The summed E-state index contributed by atoms with van der Waals surface area (Å²) in [6.45, 7) is 0.853. The van der Waals surface area contributed by atoms with Gasteiger partial charge in [-0.3, -0.25) is 0 Å². The highest BCUT2D eigenvalue weighted by atomic mass is 35.5. The van der Waals surface area contributed by atoms with Crippen molar-refractivity contribution in [3.05, 3.63) is 29.3 Å². The van der Waals surface area contributed by atoms with Gasteiger partial charge in [0.1, 0.15) is 0 Å². The molecular formula is C10H13ClN2. The number of allylic oxidation sites excluding steroid dienone is 1. The number of halogens is 1. The van der Waals surface area contributed by atoms with E-state index in [-0.39, 0.29) is 0 Å². The molecule has 1 aliphatic carbocycles. The van der Waals surface area contributed by atoms with Crippen LogP contribution in [-0.2, 0) is 19.4 Å². The van der Waals surface area contributed by atoms with Crippen LogP contribution in [0.5, 0.6) is 0 Å². The van der Waals surface area contributed by atoms with E-state index in [0.717, 1.165) is 13.0 Å². The van der Waals surface area contributed by atoms with Crippen molar-refractivity contribution < 1.29 is 0 Å². The lowest BCUT2D eigenvalue weighted by atomic mass is 10.0. The molecule has 3 heteroatoms. The first kappa shape index (κ1) is 8.82. The van der Waals surface area contributed by atoms with E-state index >= 15 is 0 Å². The smallest absolute Gasteiger partial charge is 0.0954 e. The van der Waals surface area contributed by atoms with Gasteiger partial charge in [-0.05, 0) is 25.7 Å². The van der Waals surface area contributed by atoms with Crippen molar-refractivity contribution in [1.29, 1.82) is 0 Å². The summed E-state index contributed by atoms with van der Waals surface area (Å²) in [7, 11) is 0. The van der Waals surface area contributed by atoms with E-state index in [1.165, 1.54) is 30.7 Å². The third-order valence-corrected chi connectivity index (χ3v) is 2.68. The fourth-order valence-corrected chi connectivity index (χ4v) is 1.92. The molecule has 0 aromatic carbocycles. The molecule has 1 aromatic heterocycles. The van der Waals surface area contributed by atoms with Crippen LogP contribution in [0.1, 0.15) is 24.2 Å². The molecule has 0 unspecified atom stereocenters. The van der Waals surface area contributed by atoms with E-state index in [4.69, 9.17) is 11.6 Å². The lowest BCUT2D eigenvalue weighted by molar-refractivity contribution is 0.632. The molecule has 70 valence electrons. The van der Waals surface area contributed by atoms with Crippen LogP contribution in [0, 0.1) is 0 Å². The van der Waals surface area contributed by atoms with Gasteiger partial charge >= 0.3 is 0 Å². The van der Waals surface area contributed by atoms with Crippen LogP contribution in [0.25, 0.3) is 0 Å². The highest BCUT2D eigenvalue weighted by Gasteiger charge is 2.13. The molecule has 2 nitrogen and oxygen atoms in total. The summed E-state index contributed by atoms with van der Waals surface area (Å²) < 4.78 is 2.19. The Hall–Kier alpha value is -0.760. The summed E-state index contributed by atoms with van der Waals surface area (Å²) in [6, 6.07) is 0. The van der Waals surface area contributed by atoms with E-state index in [2.05, 4.69) is 9.55 Å². The lowest BCUT2D eigenvalue weighted by Crippen LogP contribution is -2.07. The van der Waals surface area contributed by atoms with E-state index in [0.29, 0.717) is 0 Å². The molecule has 0 saturated carbocycles. The van der Waals surface area contributed by atoms with Gasteiger partial charge in [-0.25, -0.2) is 4.98 Å². The molecule has 0 amide bonds. The molecule has 0 atom stereocenters. The molecule has 0 spiro atoms. The van der Waals surface area contributed by atoms with Gasteiger partial charge in [0, 0.05) is 17.8 Å². The zero-order valence-corrected chi connectivity index (χ0v) is 8.30. The lowest BCUT2D eigenvalue weighted by Gasteiger charge is -2.12. The Balaban J connectivity index is 2.21. The maximum absolute atomic E-state index is 5.49. The Morgan fingerprint density at radius 3 is 3.15 bits per heavy atom. The minimum atomic E-state index is 0.853. The fraction of sp³-hybridized carbons (Fsp3) is 0.500. The highest BCUT2D eigenvalue weighted by molar-refractivity contribution is 6.25. The van der Waals surface area contributed by atoms with Crippen LogP contribution >= 0.6 is 11.6 Å². The summed E-state index contributed by atoms with van der Waals surface area (Å²) in [4.78, 5) is 4.40. The third kappa shape index (κ3) is 1.78. The first-order chi connectivity index (χ1) is 6.42. The number of aryl methyl sites for hydroxylation is 1. The predicted molar refractivity (Wildman–Crippen MR) is 53.9 cm³/mol. The van der Waals surface area contributed by atoms with Crippen LogP contribution in [0.4, 0.5) is 0 Å². The maximum Gasteiger partial charge on any atom is 0.0954 e. The molecule has 1 heterocycles. The monoisotopic (exact) mass is 196 g/mol. The minimum absolute atomic E-state index is 0.853. The molecule has 0 N–H and O–H groups in total. The summed E-state index contributed by atoms with van der Waals surface area (Å²) in [5.41, 5.74) is 4.25. The number of aromatic nitrogens is 2.